The highest BCUT2D eigenvalue weighted by atomic mass is 16.6. The number of aromatic amines is 1. The summed E-state index contributed by atoms with van der Waals surface area (Å²) < 4.78 is 12.5. The van der Waals surface area contributed by atoms with Crippen LogP contribution in [0.3, 0.4) is 0 Å². The quantitative estimate of drug-likeness (QED) is 0.523. The molecule has 1 saturated heterocycles. The van der Waals surface area contributed by atoms with Crippen molar-refractivity contribution in [3.63, 3.8) is 0 Å². The standard InChI is InChI=1S/C26H35N5O6/c1-4-5-9-30-23(27)22(24(33)28-26(30)35)29(10-8-16(2)3)25(34)17-13-21(32)31(15-17)18-6-7-19-20(14-18)37-12-11-36-19/h6-7,14,16-17H,4-5,8-13,15,27H2,1-3H3,(H,28,33,35)/t17-/m1/s1. The third kappa shape index (κ3) is 5.50. The number of carbonyl (C=O) groups is 2. The first-order valence-corrected chi connectivity index (χ1v) is 12.8. The molecule has 2 aliphatic heterocycles. The van der Waals surface area contributed by atoms with Gasteiger partial charge in [-0.2, -0.15) is 0 Å². The number of aromatic nitrogens is 2. The highest BCUT2D eigenvalue weighted by Gasteiger charge is 2.39. The van der Waals surface area contributed by atoms with Crippen LogP contribution in [0.1, 0.15) is 46.5 Å². The van der Waals surface area contributed by atoms with Gasteiger partial charge in [0, 0.05) is 37.8 Å². The second-order valence-electron chi connectivity index (χ2n) is 9.90. The molecule has 2 aromatic rings. The number of nitrogen functional groups attached to an aromatic ring is 1. The van der Waals surface area contributed by atoms with Crippen LogP contribution < -0.4 is 36.3 Å². The summed E-state index contributed by atoms with van der Waals surface area (Å²) in [7, 11) is 0. The van der Waals surface area contributed by atoms with Crippen LogP contribution in [0, 0.1) is 11.8 Å². The summed E-state index contributed by atoms with van der Waals surface area (Å²) in [6, 6.07) is 5.25. The number of unbranched alkanes of at least 4 members (excludes halogenated alkanes) is 1. The fourth-order valence-corrected chi connectivity index (χ4v) is 4.64. The number of fused-ring (bicyclic) bond motifs is 1. The molecule has 0 unspecified atom stereocenters. The van der Waals surface area contributed by atoms with Crippen molar-refractivity contribution in [2.75, 3.05) is 41.8 Å². The SMILES string of the molecule is CCCCn1c(N)c(N(CCC(C)C)C(=O)[C@@H]2CC(=O)N(c3ccc4c(c3)OCCO4)C2)c(=O)[nH]c1=O. The molecule has 200 valence electrons. The highest BCUT2D eigenvalue weighted by molar-refractivity contribution is 6.05. The minimum Gasteiger partial charge on any atom is -0.486 e. The van der Waals surface area contributed by atoms with Crippen LogP contribution in [-0.2, 0) is 16.1 Å². The molecule has 1 atom stereocenters. The van der Waals surface area contributed by atoms with Crippen molar-refractivity contribution in [3.05, 3.63) is 39.0 Å². The van der Waals surface area contributed by atoms with Crippen molar-refractivity contribution in [2.45, 2.75) is 53.0 Å². The lowest BCUT2D eigenvalue weighted by Gasteiger charge is -2.27. The van der Waals surface area contributed by atoms with E-state index in [1.165, 1.54) is 9.47 Å². The van der Waals surface area contributed by atoms with Crippen LogP contribution in [-0.4, -0.2) is 47.7 Å². The first kappa shape index (κ1) is 26.3. The van der Waals surface area contributed by atoms with Gasteiger partial charge in [-0.3, -0.25) is 23.9 Å². The maximum atomic E-state index is 13.8. The van der Waals surface area contributed by atoms with E-state index in [2.05, 4.69) is 4.98 Å². The highest BCUT2D eigenvalue weighted by Crippen LogP contribution is 2.36. The van der Waals surface area contributed by atoms with Crippen molar-refractivity contribution < 1.29 is 19.1 Å². The molecule has 1 fully saturated rings. The van der Waals surface area contributed by atoms with E-state index in [-0.39, 0.29) is 48.7 Å². The van der Waals surface area contributed by atoms with E-state index < -0.39 is 17.2 Å². The Morgan fingerprint density at radius 1 is 1.19 bits per heavy atom. The Kier molecular flexibility index (Phi) is 7.89. The first-order valence-electron chi connectivity index (χ1n) is 12.8. The zero-order chi connectivity index (χ0) is 26.7. The lowest BCUT2D eigenvalue weighted by Crippen LogP contribution is -2.44. The predicted octanol–water partition coefficient (Wildman–Crippen LogP) is 2.12. The monoisotopic (exact) mass is 513 g/mol. The van der Waals surface area contributed by atoms with Gasteiger partial charge in [-0.05, 0) is 30.9 Å². The predicted molar refractivity (Wildman–Crippen MR) is 140 cm³/mol. The van der Waals surface area contributed by atoms with Gasteiger partial charge in [0.15, 0.2) is 17.2 Å². The van der Waals surface area contributed by atoms with Crippen LogP contribution >= 0.6 is 0 Å². The lowest BCUT2D eigenvalue weighted by molar-refractivity contribution is -0.124. The molecule has 4 rings (SSSR count). The number of H-pyrrole nitrogens is 1. The number of anilines is 3. The Labute approximate surface area is 215 Å². The molecule has 2 amide bonds. The number of nitrogens with one attached hydrogen (secondary N) is 1. The summed E-state index contributed by atoms with van der Waals surface area (Å²) in [5.74, 6) is 0.136. The van der Waals surface area contributed by atoms with Gasteiger partial charge in [-0.25, -0.2) is 4.79 Å². The average molecular weight is 514 g/mol. The number of nitrogens with zero attached hydrogens (tertiary/aromatic N) is 3. The fourth-order valence-electron chi connectivity index (χ4n) is 4.64. The number of rotatable bonds is 9. The van der Waals surface area contributed by atoms with Gasteiger partial charge in [0.1, 0.15) is 19.0 Å². The molecule has 1 aromatic carbocycles. The molecule has 0 saturated carbocycles. The largest absolute Gasteiger partial charge is 0.486 e. The van der Waals surface area contributed by atoms with Gasteiger partial charge in [0.05, 0.1) is 5.92 Å². The number of nitrogens with two attached hydrogens (primary N) is 1. The van der Waals surface area contributed by atoms with Crippen LogP contribution in [0.25, 0.3) is 0 Å². The third-order valence-corrected chi connectivity index (χ3v) is 6.73. The lowest BCUT2D eigenvalue weighted by atomic mass is 10.0. The second-order valence-corrected chi connectivity index (χ2v) is 9.90. The summed E-state index contributed by atoms with van der Waals surface area (Å²) in [4.78, 5) is 57.4. The number of benzene rings is 1. The number of ether oxygens (including phenoxy) is 2. The molecular weight excluding hydrogens is 478 g/mol. The van der Waals surface area contributed by atoms with E-state index in [0.29, 0.717) is 49.8 Å². The molecular formula is C26H35N5O6. The third-order valence-electron chi connectivity index (χ3n) is 6.73. The topological polar surface area (TPSA) is 140 Å². The molecule has 37 heavy (non-hydrogen) atoms. The van der Waals surface area contributed by atoms with Gasteiger partial charge < -0.3 is 25.0 Å². The van der Waals surface area contributed by atoms with Crippen molar-refractivity contribution in [2.24, 2.45) is 11.8 Å². The molecule has 0 spiro atoms. The zero-order valence-corrected chi connectivity index (χ0v) is 21.6. The van der Waals surface area contributed by atoms with Crippen LogP contribution in [0.15, 0.2) is 27.8 Å². The normalized spacial score (nSPS) is 16.9. The van der Waals surface area contributed by atoms with Gasteiger partial charge in [-0.15, -0.1) is 0 Å². The molecule has 11 heteroatoms. The molecule has 11 nitrogen and oxygen atoms in total. The van der Waals surface area contributed by atoms with Gasteiger partial charge >= 0.3 is 5.69 Å². The zero-order valence-electron chi connectivity index (χ0n) is 21.6. The Bertz CT molecular complexity index is 1280. The molecule has 1 aromatic heterocycles. The summed E-state index contributed by atoms with van der Waals surface area (Å²) >= 11 is 0. The van der Waals surface area contributed by atoms with Gasteiger partial charge in [0.2, 0.25) is 11.8 Å². The number of hydrogen-bond donors (Lipinski definition) is 2. The van der Waals surface area contributed by atoms with Crippen molar-refractivity contribution in [1.82, 2.24) is 9.55 Å². The maximum absolute atomic E-state index is 13.8. The summed E-state index contributed by atoms with van der Waals surface area (Å²) in [5.41, 5.74) is 5.60. The average Bonchev–Trinajstić information content (AvgIpc) is 3.26. The van der Waals surface area contributed by atoms with Crippen LogP contribution in [0.5, 0.6) is 11.5 Å². The van der Waals surface area contributed by atoms with Crippen molar-refractivity contribution in [3.8, 4) is 11.5 Å². The molecule has 0 bridgehead atoms. The number of carbonyl (C=O) groups excluding carboxylic acids is 2. The Morgan fingerprint density at radius 3 is 2.62 bits per heavy atom. The van der Waals surface area contributed by atoms with E-state index >= 15 is 0 Å². The molecule has 0 radical (unpaired) electrons. The Balaban J connectivity index is 1.64. The molecule has 2 aliphatic rings. The maximum Gasteiger partial charge on any atom is 0.330 e. The molecule has 0 aliphatic carbocycles. The second kappa shape index (κ2) is 11.1. The summed E-state index contributed by atoms with van der Waals surface area (Å²) in [6.45, 7) is 7.63. The van der Waals surface area contributed by atoms with E-state index in [9.17, 15) is 19.2 Å². The van der Waals surface area contributed by atoms with Gasteiger partial charge in [0.25, 0.3) is 5.56 Å². The Morgan fingerprint density at radius 2 is 1.92 bits per heavy atom. The van der Waals surface area contributed by atoms with Gasteiger partial charge in [-0.1, -0.05) is 27.2 Å². The molecule has 3 heterocycles. The Hall–Kier alpha value is -3.76. The number of amides is 2. The minimum atomic E-state index is -0.708. The smallest absolute Gasteiger partial charge is 0.330 e. The van der Waals surface area contributed by atoms with Crippen molar-refractivity contribution in [1.29, 1.82) is 0 Å². The van der Waals surface area contributed by atoms with E-state index in [1.54, 1.807) is 23.1 Å². The van der Waals surface area contributed by atoms with Crippen LogP contribution in [0.4, 0.5) is 17.2 Å². The van der Waals surface area contributed by atoms with E-state index in [1.807, 2.05) is 20.8 Å². The number of hydrogen-bond acceptors (Lipinski definition) is 7. The van der Waals surface area contributed by atoms with E-state index in [0.717, 1.165) is 6.42 Å². The van der Waals surface area contributed by atoms with E-state index in [4.69, 9.17) is 15.2 Å². The summed E-state index contributed by atoms with van der Waals surface area (Å²) in [5, 5.41) is 0. The fraction of sp³-hybridized carbons (Fsp3) is 0.538. The first-order chi connectivity index (χ1) is 17.7. The minimum absolute atomic E-state index is 0.00125. The van der Waals surface area contributed by atoms with Crippen LogP contribution in [0.2, 0.25) is 0 Å². The van der Waals surface area contributed by atoms with Crippen molar-refractivity contribution >= 4 is 29.0 Å². The molecule has 3 N–H and O–H groups in total. The summed E-state index contributed by atoms with van der Waals surface area (Å²) in [6.07, 6.45) is 2.14.